The van der Waals surface area contributed by atoms with E-state index in [2.05, 4.69) is 0 Å². The number of hydrogen-bond acceptors (Lipinski definition) is 4. The van der Waals surface area contributed by atoms with Crippen LogP contribution in [0.4, 0.5) is 4.39 Å². The highest BCUT2D eigenvalue weighted by Crippen LogP contribution is 2.19. The van der Waals surface area contributed by atoms with Crippen molar-refractivity contribution in [3.63, 3.8) is 0 Å². The van der Waals surface area contributed by atoms with E-state index in [1.165, 1.54) is 17.5 Å². The predicted molar refractivity (Wildman–Crippen MR) is 78.6 cm³/mol. The van der Waals surface area contributed by atoms with Crippen molar-refractivity contribution in [1.82, 2.24) is 4.31 Å². The van der Waals surface area contributed by atoms with E-state index >= 15 is 0 Å². The van der Waals surface area contributed by atoms with Gasteiger partial charge in [-0.05, 0) is 18.2 Å². The summed E-state index contributed by atoms with van der Waals surface area (Å²) in [6.07, 6.45) is 0. The zero-order chi connectivity index (χ0) is 15.3. The van der Waals surface area contributed by atoms with Crippen molar-refractivity contribution in [3.05, 3.63) is 29.6 Å². The van der Waals surface area contributed by atoms with Gasteiger partial charge in [0.2, 0.25) is 10.0 Å². The molecule has 5 nitrogen and oxygen atoms in total. The molecule has 0 unspecified atom stereocenters. The predicted octanol–water partition coefficient (Wildman–Crippen LogP) is 1.12. The third-order valence-corrected chi connectivity index (χ3v) is 4.93. The van der Waals surface area contributed by atoms with Crippen molar-refractivity contribution in [1.29, 1.82) is 0 Å². The van der Waals surface area contributed by atoms with Crippen LogP contribution in [0.25, 0.3) is 0 Å². The van der Waals surface area contributed by atoms with Crippen molar-refractivity contribution >= 4 is 27.2 Å². The lowest BCUT2D eigenvalue weighted by atomic mass is 10.2. The molecule has 2 N–H and O–H groups in total. The van der Waals surface area contributed by atoms with Gasteiger partial charge < -0.3 is 10.5 Å². The molecule has 0 saturated heterocycles. The van der Waals surface area contributed by atoms with Crippen LogP contribution in [-0.2, 0) is 14.8 Å². The number of likely N-dealkylation sites (N-methyl/N-ethyl adjacent to an activating group) is 1. The smallest absolute Gasteiger partial charge is 0.243 e. The van der Waals surface area contributed by atoms with Crippen molar-refractivity contribution in [2.75, 3.05) is 26.8 Å². The van der Waals surface area contributed by atoms with Crippen LogP contribution in [0.5, 0.6) is 0 Å². The van der Waals surface area contributed by atoms with E-state index in [0.29, 0.717) is 0 Å². The molecular weight excluding hydrogens is 303 g/mol. The molecular formula is C12H17FN2O3S2. The molecule has 8 heteroatoms. The Morgan fingerprint density at radius 3 is 2.65 bits per heavy atom. The molecule has 0 aliphatic carbocycles. The van der Waals surface area contributed by atoms with Crippen LogP contribution in [0.15, 0.2) is 23.1 Å². The number of sulfonamides is 1. The van der Waals surface area contributed by atoms with E-state index in [-0.39, 0.29) is 35.1 Å². The second-order valence-electron chi connectivity index (χ2n) is 4.00. The topological polar surface area (TPSA) is 72.6 Å². The second kappa shape index (κ2) is 7.07. The maximum Gasteiger partial charge on any atom is 0.243 e. The lowest BCUT2D eigenvalue weighted by Crippen LogP contribution is -2.34. The number of methoxy groups -OCH3 is 1. The average Bonchev–Trinajstić information content (AvgIpc) is 2.39. The van der Waals surface area contributed by atoms with Crippen LogP contribution in [0.2, 0.25) is 0 Å². The molecule has 0 aliphatic rings. The molecule has 1 aromatic carbocycles. The quantitative estimate of drug-likeness (QED) is 0.762. The summed E-state index contributed by atoms with van der Waals surface area (Å²) in [5, 5.41) is 0. The minimum Gasteiger partial charge on any atom is -0.389 e. The summed E-state index contributed by atoms with van der Waals surface area (Å²) >= 11 is 4.71. The normalized spacial score (nSPS) is 11.8. The minimum absolute atomic E-state index is 0.0420. The molecule has 0 spiro atoms. The first-order valence-corrected chi connectivity index (χ1v) is 7.77. The van der Waals surface area contributed by atoms with E-state index in [1.807, 2.05) is 0 Å². The Balaban J connectivity index is 3.20. The fourth-order valence-electron chi connectivity index (χ4n) is 1.64. The highest BCUT2D eigenvalue weighted by molar-refractivity contribution is 7.89. The third-order valence-electron chi connectivity index (χ3n) is 2.74. The summed E-state index contributed by atoms with van der Waals surface area (Å²) in [5.41, 5.74) is 5.30. The Morgan fingerprint density at radius 2 is 2.15 bits per heavy atom. The fourth-order valence-corrected chi connectivity index (χ4v) is 3.26. The van der Waals surface area contributed by atoms with E-state index in [1.54, 1.807) is 6.92 Å². The van der Waals surface area contributed by atoms with Crippen molar-refractivity contribution in [2.45, 2.75) is 11.8 Å². The minimum atomic E-state index is -3.72. The molecule has 0 aliphatic heterocycles. The maximum absolute atomic E-state index is 13.5. The molecule has 0 amide bonds. The van der Waals surface area contributed by atoms with Gasteiger partial charge in [-0.3, -0.25) is 0 Å². The number of thiocarbonyl (C=S) groups is 1. The SMILES string of the molecule is CCN(CCOC)S(=O)(=O)c1ccc(F)c(C(N)=S)c1. The Labute approximate surface area is 123 Å². The molecule has 0 fully saturated rings. The highest BCUT2D eigenvalue weighted by atomic mass is 32.2. The van der Waals surface area contributed by atoms with Gasteiger partial charge in [0, 0.05) is 25.8 Å². The summed E-state index contributed by atoms with van der Waals surface area (Å²) in [6, 6.07) is 3.40. The van der Waals surface area contributed by atoms with Gasteiger partial charge in [0.25, 0.3) is 0 Å². The van der Waals surface area contributed by atoms with Crippen LogP contribution < -0.4 is 5.73 Å². The molecule has 0 aromatic heterocycles. The van der Waals surface area contributed by atoms with E-state index in [9.17, 15) is 12.8 Å². The monoisotopic (exact) mass is 320 g/mol. The standard InChI is InChI=1S/C12H17FN2O3S2/c1-3-15(6-7-18-2)20(16,17)9-4-5-11(13)10(8-9)12(14)19/h4-5,8H,3,6-7H2,1-2H3,(H2,14,19). The summed E-state index contributed by atoms with van der Waals surface area (Å²) in [7, 11) is -2.24. The number of ether oxygens (including phenoxy) is 1. The van der Waals surface area contributed by atoms with E-state index < -0.39 is 15.8 Å². The van der Waals surface area contributed by atoms with Crippen LogP contribution in [-0.4, -0.2) is 44.5 Å². The average molecular weight is 320 g/mol. The van der Waals surface area contributed by atoms with Gasteiger partial charge >= 0.3 is 0 Å². The van der Waals surface area contributed by atoms with Crippen LogP contribution in [0.1, 0.15) is 12.5 Å². The number of rotatable bonds is 7. The molecule has 1 aromatic rings. The summed E-state index contributed by atoms with van der Waals surface area (Å²) in [4.78, 5) is -0.223. The molecule has 0 atom stereocenters. The third kappa shape index (κ3) is 3.72. The number of nitrogens with two attached hydrogens (primary N) is 1. The van der Waals surface area contributed by atoms with Crippen LogP contribution >= 0.6 is 12.2 Å². The van der Waals surface area contributed by atoms with Gasteiger partial charge in [-0.2, -0.15) is 4.31 Å². The van der Waals surface area contributed by atoms with Gasteiger partial charge in [-0.25, -0.2) is 12.8 Å². The van der Waals surface area contributed by atoms with Crippen molar-refractivity contribution < 1.29 is 17.5 Å². The Morgan fingerprint density at radius 1 is 1.50 bits per heavy atom. The summed E-state index contributed by atoms with van der Waals surface area (Å²) in [6.45, 7) is 2.49. The van der Waals surface area contributed by atoms with Gasteiger partial charge in [0.15, 0.2) is 0 Å². The summed E-state index contributed by atoms with van der Waals surface area (Å²) in [5.74, 6) is -0.642. The lowest BCUT2D eigenvalue weighted by molar-refractivity contribution is 0.180. The zero-order valence-electron chi connectivity index (χ0n) is 11.3. The number of halogens is 1. The zero-order valence-corrected chi connectivity index (χ0v) is 12.9. The van der Waals surface area contributed by atoms with Crippen molar-refractivity contribution in [3.8, 4) is 0 Å². The number of hydrogen-bond donors (Lipinski definition) is 1. The number of nitrogens with zero attached hydrogens (tertiary/aromatic N) is 1. The number of benzene rings is 1. The first-order valence-electron chi connectivity index (χ1n) is 5.93. The fraction of sp³-hybridized carbons (Fsp3) is 0.417. The Hall–Kier alpha value is -1.09. The van der Waals surface area contributed by atoms with Crippen LogP contribution in [0.3, 0.4) is 0 Å². The molecule has 1 rings (SSSR count). The van der Waals surface area contributed by atoms with E-state index in [0.717, 1.165) is 12.1 Å². The first-order chi connectivity index (χ1) is 9.34. The van der Waals surface area contributed by atoms with Crippen LogP contribution in [0, 0.1) is 5.82 Å². The second-order valence-corrected chi connectivity index (χ2v) is 6.37. The van der Waals surface area contributed by atoms with Gasteiger partial charge in [0.1, 0.15) is 10.8 Å². The largest absolute Gasteiger partial charge is 0.389 e. The molecule has 0 bridgehead atoms. The van der Waals surface area contributed by atoms with Gasteiger partial charge in [0.05, 0.1) is 11.5 Å². The lowest BCUT2D eigenvalue weighted by Gasteiger charge is -2.20. The molecule has 0 saturated carbocycles. The maximum atomic E-state index is 13.5. The first kappa shape index (κ1) is 17.0. The highest BCUT2D eigenvalue weighted by Gasteiger charge is 2.24. The Kier molecular flexibility index (Phi) is 6.00. The Bertz CT molecular complexity index is 590. The molecule has 0 heterocycles. The van der Waals surface area contributed by atoms with Crippen molar-refractivity contribution in [2.24, 2.45) is 5.73 Å². The molecule has 0 radical (unpaired) electrons. The molecule has 112 valence electrons. The van der Waals surface area contributed by atoms with E-state index in [4.69, 9.17) is 22.7 Å². The molecule has 20 heavy (non-hydrogen) atoms. The van der Waals surface area contributed by atoms with Gasteiger partial charge in [-0.1, -0.05) is 19.1 Å². The van der Waals surface area contributed by atoms with Gasteiger partial charge in [-0.15, -0.1) is 0 Å². The summed E-state index contributed by atoms with van der Waals surface area (Å²) < 4.78 is 44.5.